The molecule has 1 heterocycles. The number of rotatable bonds is 4. The molecule has 2 atom stereocenters. The third-order valence-electron chi connectivity index (χ3n) is 3.38. The topological polar surface area (TPSA) is 21.3 Å². The molecule has 1 N–H and O–H groups in total. The molecule has 0 aromatic heterocycles. The van der Waals surface area contributed by atoms with Gasteiger partial charge >= 0.3 is 0 Å². The second-order valence-electron chi connectivity index (χ2n) is 5.16. The van der Waals surface area contributed by atoms with Gasteiger partial charge in [0.1, 0.15) is 11.9 Å². The van der Waals surface area contributed by atoms with Crippen LogP contribution in [0.15, 0.2) is 18.2 Å². The Morgan fingerprint density at radius 2 is 2.06 bits per heavy atom. The first kappa shape index (κ1) is 14.0. The average molecular weight is 288 g/mol. The van der Waals surface area contributed by atoms with Gasteiger partial charge in [-0.2, -0.15) is 0 Å². The fourth-order valence-corrected chi connectivity index (χ4v) is 2.73. The maximum Gasteiger partial charge on any atom is 0.121 e. The van der Waals surface area contributed by atoms with Crippen molar-refractivity contribution in [2.45, 2.75) is 26.4 Å². The Morgan fingerprint density at radius 3 is 2.61 bits per heavy atom. The van der Waals surface area contributed by atoms with Crippen LogP contribution in [-0.4, -0.2) is 19.2 Å². The lowest BCUT2D eigenvalue weighted by molar-refractivity contribution is 0.0974. The molecule has 1 aliphatic rings. The van der Waals surface area contributed by atoms with E-state index in [1.165, 1.54) is 6.42 Å². The highest BCUT2D eigenvalue weighted by Gasteiger charge is 2.29. The van der Waals surface area contributed by atoms with Gasteiger partial charge in [0.05, 0.1) is 10.0 Å². The SMILES string of the molecule is CC(C)[C@@H](Oc1ccc(Cl)c(Cl)c1)[C@@H]1CCNC1. The van der Waals surface area contributed by atoms with E-state index in [-0.39, 0.29) is 6.10 Å². The second kappa shape index (κ2) is 6.14. The molecule has 0 amide bonds. The van der Waals surface area contributed by atoms with Gasteiger partial charge in [0.25, 0.3) is 0 Å². The third-order valence-corrected chi connectivity index (χ3v) is 4.12. The molecular formula is C14H19Cl2NO. The van der Waals surface area contributed by atoms with Gasteiger partial charge in [-0.15, -0.1) is 0 Å². The summed E-state index contributed by atoms with van der Waals surface area (Å²) in [7, 11) is 0. The van der Waals surface area contributed by atoms with Crippen molar-refractivity contribution >= 4 is 23.2 Å². The minimum Gasteiger partial charge on any atom is -0.490 e. The molecule has 18 heavy (non-hydrogen) atoms. The highest BCUT2D eigenvalue weighted by atomic mass is 35.5. The second-order valence-corrected chi connectivity index (χ2v) is 5.97. The van der Waals surface area contributed by atoms with Crippen molar-refractivity contribution in [2.24, 2.45) is 11.8 Å². The number of hydrogen-bond acceptors (Lipinski definition) is 2. The van der Waals surface area contributed by atoms with Crippen LogP contribution in [0.5, 0.6) is 5.75 Å². The monoisotopic (exact) mass is 287 g/mol. The van der Waals surface area contributed by atoms with E-state index < -0.39 is 0 Å². The van der Waals surface area contributed by atoms with Gasteiger partial charge < -0.3 is 10.1 Å². The summed E-state index contributed by atoms with van der Waals surface area (Å²) in [5.41, 5.74) is 0. The predicted octanol–water partition coefficient (Wildman–Crippen LogP) is 4.01. The standard InChI is InChI=1S/C14H19Cl2NO/c1-9(2)14(10-5-6-17-8-10)18-11-3-4-12(15)13(16)7-11/h3-4,7,9-10,14,17H,5-6,8H2,1-2H3/t10-,14-/m1/s1. The van der Waals surface area contributed by atoms with E-state index in [4.69, 9.17) is 27.9 Å². The lowest BCUT2D eigenvalue weighted by Gasteiger charge is -2.27. The maximum atomic E-state index is 6.11. The van der Waals surface area contributed by atoms with Crippen LogP contribution < -0.4 is 10.1 Å². The summed E-state index contributed by atoms with van der Waals surface area (Å²) in [6.07, 6.45) is 1.39. The van der Waals surface area contributed by atoms with Gasteiger partial charge in [-0.05, 0) is 31.0 Å². The molecule has 0 unspecified atom stereocenters. The zero-order chi connectivity index (χ0) is 13.1. The summed E-state index contributed by atoms with van der Waals surface area (Å²) in [5.74, 6) is 1.85. The van der Waals surface area contributed by atoms with Gasteiger partial charge in [0.2, 0.25) is 0 Å². The Balaban J connectivity index is 2.10. The Morgan fingerprint density at radius 1 is 1.28 bits per heavy atom. The number of halogens is 2. The quantitative estimate of drug-likeness (QED) is 0.904. The summed E-state index contributed by atoms with van der Waals surface area (Å²) < 4.78 is 6.11. The summed E-state index contributed by atoms with van der Waals surface area (Å²) in [4.78, 5) is 0. The van der Waals surface area contributed by atoms with Crippen molar-refractivity contribution in [3.8, 4) is 5.75 Å². The van der Waals surface area contributed by atoms with Crippen LogP contribution in [0.25, 0.3) is 0 Å². The first-order chi connectivity index (χ1) is 8.58. The van der Waals surface area contributed by atoms with E-state index >= 15 is 0 Å². The third kappa shape index (κ3) is 3.31. The summed E-state index contributed by atoms with van der Waals surface area (Å²) in [6, 6.07) is 5.46. The normalized spacial score (nSPS) is 21.3. The van der Waals surface area contributed by atoms with Gasteiger partial charge in [0.15, 0.2) is 0 Å². The zero-order valence-electron chi connectivity index (χ0n) is 10.7. The molecule has 0 bridgehead atoms. The number of benzene rings is 1. The van der Waals surface area contributed by atoms with E-state index in [1.54, 1.807) is 12.1 Å². The van der Waals surface area contributed by atoms with Crippen LogP contribution in [0.1, 0.15) is 20.3 Å². The molecule has 2 rings (SSSR count). The Kier molecular flexibility index (Phi) is 4.77. The van der Waals surface area contributed by atoms with Crippen LogP contribution >= 0.6 is 23.2 Å². The number of nitrogens with one attached hydrogen (secondary N) is 1. The minimum absolute atomic E-state index is 0.220. The molecule has 4 heteroatoms. The van der Waals surface area contributed by atoms with Crippen LogP contribution in [0.3, 0.4) is 0 Å². The first-order valence-corrected chi connectivity index (χ1v) is 7.16. The van der Waals surface area contributed by atoms with Gasteiger partial charge in [-0.3, -0.25) is 0 Å². The first-order valence-electron chi connectivity index (χ1n) is 6.40. The van der Waals surface area contributed by atoms with Crippen molar-refractivity contribution in [1.82, 2.24) is 5.32 Å². The molecule has 1 aromatic rings. The molecule has 0 radical (unpaired) electrons. The Hall–Kier alpha value is -0.440. The lowest BCUT2D eigenvalue weighted by atomic mass is 9.92. The molecule has 0 spiro atoms. The smallest absolute Gasteiger partial charge is 0.121 e. The molecule has 1 saturated heterocycles. The largest absolute Gasteiger partial charge is 0.490 e. The van der Waals surface area contributed by atoms with Crippen LogP contribution in [0.2, 0.25) is 10.0 Å². The molecule has 100 valence electrons. The number of hydrogen-bond donors (Lipinski definition) is 1. The highest BCUT2D eigenvalue weighted by Crippen LogP contribution is 2.30. The molecule has 0 saturated carbocycles. The Labute approximate surface area is 119 Å². The Bertz CT molecular complexity index is 403. The van der Waals surface area contributed by atoms with Gasteiger partial charge in [0, 0.05) is 18.5 Å². The van der Waals surface area contributed by atoms with Crippen LogP contribution in [-0.2, 0) is 0 Å². The molecule has 1 aromatic carbocycles. The molecule has 2 nitrogen and oxygen atoms in total. The minimum atomic E-state index is 0.220. The van der Waals surface area contributed by atoms with Crippen LogP contribution in [0.4, 0.5) is 0 Å². The zero-order valence-corrected chi connectivity index (χ0v) is 12.3. The maximum absolute atomic E-state index is 6.11. The molecule has 0 aliphatic carbocycles. The summed E-state index contributed by atoms with van der Waals surface area (Å²) >= 11 is 11.9. The fourth-order valence-electron chi connectivity index (χ4n) is 2.44. The predicted molar refractivity (Wildman–Crippen MR) is 76.7 cm³/mol. The van der Waals surface area contributed by atoms with Crippen LogP contribution in [0, 0.1) is 11.8 Å². The lowest BCUT2D eigenvalue weighted by Crippen LogP contribution is -2.33. The molecule has 1 aliphatic heterocycles. The van der Waals surface area contributed by atoms with E-state index in [1.807, 2.05) is 6.07 Å². The van der Waals surface area contributed by atoms with E-state index in [0.29, 0.717) is 21.9 Å². The molecule has 1 fully saturated rings. The van der Waals surface area contributed by atoms with Crippen molar-refractivity contribution in [2.75, 3.05) is 13.1 Å². The van der Waals surface area contributed by atoms with Crippen molar-refractivity contribution in [1.29, 1.82) is 0 Å². The van der Waals surface area contributed by atoms with E-state index in [0.717, 1.165) is 18.8 Å². The van der Waals surface area contributed by atoms with Gasteiger partial charge in [-0.1, -0.05) is 37.0 Å². The summed E-state index contributed by atoms with van der Waals surface area (Å²) in [6.45, 7) is 6.50. The van der Waals surface area contributed by atoms with Crippen molar-refractivity contribution in [3.63, 3.8) is 0 Å². The van der Waals surface area contributed by atoms with Crippen molar-refractivity contribution in [3.05, 3.63) is 28.2 Å². The number of ether oxygens (including phenoxy) is 1. The highest BCUT2D eigenvalue weighted by molar-refractivity contribution is 6.42. The van der Waals surface area contributed by atoms with E-state index in [9.17, 15) is 0 Å². The van der Waals surface area contributed by atoms with E-state index in [2.05, 4.69) is 19.2 Å². The van der Waals surface area contributed by atoms with Crippen molar-refractivity contribution < 1.29 is 4.74 Å². The summed E-state index contributed by atoms with van der Waals surface area (Å²) in [5, 5.41) is 4.49. The van der Waals surface area contributed by atoms with Gasteiger partial charge in [-0.25, -0.2) is 0 Å². The average Bonchev–Trinajstić information content (AvgIpc) is 2.83. The molecular weight excluding hydrogens is 269 g/mol. The fraction of sp³-hybridized carbons (Fsp3) is 0.571.